The van der Waals surface area contributed by atoms with E-state index in [1.165, 1.54) is 18.2 Å². The molecule has 1 aromatic heterocycles. The second kappa shape index (κ2) is 7.37. The summed E-state index contributed by atoms with van der Waals surface area (Å²) in [6.07, 6.45) is 4.41. The topological polar surface area (TPSA) is 55.2 Å². The number of ketones is 1. The predicted octanol–water partition coefficient (Wildman–Crippen LogP) is 4.95. The van der Waals surface area contributed by atoms with Gasteiger partial charge in [-0.05, 0) is 42.3 Å². The molecule has 0 radical (unpaired) electrons. The number of rotatable bonds is 4. The number of aliphatic imine (C=N–C) groups is 1. The molecule has 6 heteroatoms. The number of fused-ring (bicyclic) bond motifs is 1. The molecule has 2 heterocycles. The molecular weight excluding hydrogens is 365 g/mol. The first-order chi connectivity index (χ1) is 13.1. The Morgan fingerprint density at radius 3 is 2.56 bits per heavy atom. The summed E-state index contributed by atoms with van der Waals surface area (Å²) in [6, 6.07) is 13.0. The quantitative estimate of drug-likeness (QED) is 0.644. The summed E-state index contributed by atoms with van der Waals surface area (Å²) < 4.78 is 13.7. The fourth-order valence-electron chi connectivity index (χ4n) is 3.26. The maximum absolute atomic E-state index is 13.7. The van der Waals surface area contributed by atoms with Crippen LogP contribution in [0.2, 0.25) is 5.02 Å². The van der Waals surface area contributed by atoms with E-state index in [1.807, 2.05) is 12.1 Å². The van der Waals surface area contributed by atoms with Crippen LogP contribution in [0, 0.1) is 5.82 Å². The van der Waals surface area contributed by atoms with Crippen LogP contribution in [0.3, 0.4) is 0 Å². The fraction of sp³-hybridized carbons (Fsp3) is 0.143. The van der Waals surface area contributed by atoms with Crippen LogP contribution in [-0.2, 0) is 6.42 Å². The van der Waals surface area contributed by atoms with E-state index in [-0.39, 0.29) is 11.3 Å². The normalized spacial score (nSPS) is 16.0. The summed E-state index contributed by atoms with van der Waals surface area (Å²) >= 11 is 6.36. The van der Waals surface area contributed by atoms with Crippen LogP contribution in [0.25, 0.3) is 0 Å². The van der Waals surface area contributed by atoms with E-state index in [2.05, 4.69) is 15.0 Å². The van der Waals surface area contributed by atoms with Crippen LogP contribution in [0.4, 0.5) is 10.1 Å². The van der Waals surface area contributed by atoms with Gasteiger partial charge in [0.05, 0.1) is 11.6 Å². The highest BCUT2D eigenvalue weighted by Gasteiger charge is 2.34. The summed E-state index contributed by atoms with van der Waals surface area (Å²) in [5, 5.41) is 0.486. The lowest BCUT2D eigenvalue weighted by molar-refractivity contribution is 0.0980. The molecular formula is C21H15ClFN3O. The molecule has 4 rings (SSSR count). The number of carbonyl (C=O) groups excluding carboxylic acids is 1. The molecule has 1 atom stereocenters. The van der Waals surface area contributed by atoms with Crippen molar-refractivity contribution >= 4 is 28.8 Å². The number of hydrogen-bond donors (Lipinski definition) is 0. The Morgan fingerprint density at radius 2 is 1.78 bits per heavy atom. The fourth-order valence-corrected chi connectivity index (χ4v) is 3.50. The Kier molecular flexibility index (Phi) is 4.77. The molecule has 1 aliphatic rings. The van der Waals surface area contributed by atoms with Crippen molar-refractivity contribution in [1.29, 1.82) is 0 Å². The van der Waals surface area contributed by atoms with Gasteiger partial charge in [-0.25, -0.2) is 14.4 Å². The number of carbonyl (C=O) groups is 1. The lowest BCUT2D eigenvalue weighted by Gasteiger charge is -2.25. The minimum absolute atomic E-state index is 0.198. The summed E-state index contributed by atoms with van der Waals surface area (Å²) in [7, 11) is 0. The molecule has 0 amide bonds. The van der Waals surface area contributed by atoms with E-state index in [9.17, 15) is 9.18 Å². The number of hydrogen-bond acceptors (Lipinski definition) is 4. The van der Waals surface area contributed by atoms with Gasteiger partial charge in [-0.1, -0.05) is 29.8 Å². The highest BCUT2D eigenvalue weighted by atomic mass is 35.5. The van der Waals surface area contributed by atoms with Gasteiger partial charge in [0.15, 0.2) is 5.78 Å². The number of halogens is 2. The third kappa shape index (κ3) is 3.51. The van der Waals surface area contributed by atoms with Gasteiger partial charge in [0, 0.05) is 35.1 Å². The number of aryl methyl sites for hydroxylation is 1. The molecule has 3 aromatic rings. The Hall–Kier alpha value is -2.92. The lowest BCUT2D eigenvalue weighted by Crippen LogP contribution is -2.26. The Bertz CT molecular complexity index is 1040. The van der Waals surface area contributed by atoms with Crippen LogP contribution in [-0.4, -0.2) is 21.5 Å². The number of nitrogens with zero attached hydrogens (tertiary/aromatic N) is 3. The van der Waals surface area contributed by atoms with Crippen LogP contribution < -0.4 is 0 Å². The SMILES string of the molecule is O=C1c2cc(F)ccc2N=C(CCc2ncccn2)C1c1ccccc1Cl. The molecule has 0 bridgehead atoms. The summed E-state index contributed by atoms with van der Waals surface area (Å²) in [4.78, 5) is 26.3. The molecule has 2 aromatic carbocycles. The lowest BCUT2D eigenvalue weighted by atomic mass is 9.82. The van der Waals surface area contributed by atoms with Crippen LogP contribution in [0.15, 0.2) is 65.9 Å². The smallest absolute Gasteiger partial charge is 0.178 e. The highest BCUT2D eigenvalue weighted by Crippen LogP contribution is 2.37. The van der Waals surface area contributed by atoms with E-state index >= 15 is 0 Å². The minimum Gasteiger partial charge on any atom is -0.293 e. The maximum atomic E-state index is 13.7. The van der Waals surface area contributed by atoms with Crippen molar-refractivity contribution in [2.24, 2.45) is 4.99 Å². The highest BCUT2D eigenvalue weighted by molar-refractivity contribution is 6.33. The molecule has 27 heavy (non-hydrogen) atoms. The largest absolute Gasteiger partial charge is 0.293 e. The molecule has 0 saturated carbocycles. The van der Waals surface area contributed by atoms with Crippen molar-refractivity contribution in [2.75, 3.05) is 0 Å². The monoisotopic (exact) mass is 379 g/mol. The van der Waals surface area contributed by atoms with Crippen molar-refractivity contribution in [3.8, 4) is 0 Å². The average molecular weight is 380 g/mol. The molecule has 134 valence electrons. The van der Waals surface area contributed by atoms with Gasteiger partial charge < -0.3 is 0 Å². The zero-order valence-electron chi connectivity index (χ0n) is 14.3. The van der Waals surface area contributed by atoms with Crippen LogP contribution in [0.1, 0.15) is 34.1 Å². The average Bonchev–Trinajstić information content (AvgIpc) is 2.69. The van der Waals surface area contributed by atoms with Gasteiger partial charge in [0.1, 0.15) is 11.6 Å². The van der Waals surface area contributed by atoms with Gasteiger partial charge in [0.25, 0.3) is 0 Å². The first kappa shape index (κ1) is 17.5. The summed E-state index contributed by atoms with van der Waals surface area (Å²) in [5.41, 5.74) is 2.11. The van der Waals surface area contributed by atoms with Gasteiger partial charge in [0.2, 0.25) is 0 Å². The van der Waals surface area contributed by atoms with E-state index in [0.29, 0.717) is 40.7 Å². The standard InChI is InChI=1S/C21H15ClFN3O/c22-16-5-2-1-4-14(16)20-18(8-9-19-24-10-3-11-25-19)26-17-7-6-13(23)12-15(17)21(20)27/h1-7,10-12,20H,8-9H2. The predicted molar refractivity (Wildman–Crippen MR) is 102 cm³/mol. The first-order valence-electron chi connectivity index (χ1n) is 8.55. The molecule has 0 fully saturated rings. The number of Topliss-reactive ketones (excluding diaryl/α,β-unsaturated/α-hetero) is 1. The summed E-state index contributed by atoms with van der Waals surface area (Å²) in [5.74, 6) is -0.625. The summed E-state index contributed by atoms with van der Waals surface area (Å²) in [6.45, 7) is 0. The second-order valence-corrected chi connectivity index (χ2v) is 6.66. The van der Waals surface area contributed by atoms with Gasteiger partial charge in [-0.2, -0.15) is 0 Å². The molecule has 0 spiro atoms. The second-order valence-electron chi connectivity index (χ2n) is 6.25. The van der Waals surface area contributed by atoms with E-state index < -0.39 is 11.7 Å². The molecule has 0 aliphatic carbocycles. The van der Waals surface area contributed by atoms with Crippen molar-refractivity contribution in [3.05, 3.63) is 88.7 Å². The van der Waals surface area contributed by atoms with Gasteiger partial charge in [-0.3, -0.25) is 9.79 Å². The van der Waals surface area contributed by atoms with Crippen LogP contribution >= 0.6 is 11.6 Å². The third-order valence-electron chi connectivity index (χ3n) is 4.52. The Morgan fingerprint density at radius 1 is 1.00 bits per heavy atom. The minimum atomic E-state index is -0.642. The van der Waals surface area contributed by atoms with Crippen molar-refractivity contribution < 1.29 is 9.18 Å². The van der Waals surface area contributed by atoms with Crippen molar-refractivity contribution in [3.63, 3.8) is 0 Å². The molecule has 1 unspecified atom stereocenters. The van der Waals surface area contributed by atoms with Gasteiger partial charge >= 0.3 is 0 Å². The molecule has 4 nitrogen and oxygen atoms in total. The first-order valence-corrected chi connectivity index (χ1v) is 8.93. The van der Waals surface area contributed by atoms with E-state index in [1.54, 1.807) is 30.6 Å². The third-order valence-corrected chi connectivity index (χ3v) is 4.87. The Balaban J connectivity index is 1.77. The van der Waals surface area contributed by atoms with E-state index in [0.717, 1.165) is 0 Å². The van der Waals surface area contributed by atoms with Crippen molar-refractivity contribution in [2.45, 2.75) is 18.8 Å². The zero-order valence-corrected chi connectivity index (χ0v) is 15.0. The number of benzene rings is 2. The zero-order chi connectivity index (χ0) is 18.8. The van der Waals surface area contributed by atoms with Crippen molar-refractivity contribution in [1.82, 2.24) is 9.97 Å². The molecule has 0 saturated heterocycles. The van der Waals surface area contributed by atoms with Crippen LogP contribution in [0.5, 0.6) is 0 Å². The Labute approximate surface area is 160 Å². The van der Waals surface area contributed by atoms with E-state index in [4.69, 9.17) is 11.6 Å². The van der Waals surface area contributed by atoms with Gasteiger partial charge in [-0.15, -0.1) is 0 Å². The number of aromatic nitrogens is 2. The maximum Gasteiger partial charge on any atom is 0.178 e. The molecule has 1 aliphatic heterocycles. The molecule has 0 N–H and O–H groups in total.